The third-order valence-electron chi connectivity index (χ3n) is 3.35. The van der Waals surface area contributed by atoms with Crippen molar-refractivity contribution in [3.8, 4) is 5.75 Å². The Hall–Kier alpha value is -0.840. The Labute approximate surface area is 119 Å². The number of halogens is 1. The van der Waals surface area contributed by atoms with Crippen molar-refractivity contribution in [1.82, 2.24) is 5.32 Å². The second-order valence-electron chi connectivity index (χ2n) is 4.36. The highest BCUT2D eigenvalue weighted by Crippen LogP contribution is 2.42. The van der Waals surface area contributed by atoms with Crippen LogP contribution in [0.2, 0.25) is 0 Å². The Morgan fingerprint density at radius 3 is 2.89 bits per heavy atom. The van der Waals surface area contributed by atoms with Gasteiger partial charge < -0.3 is 10.1 Å². The summed E-state index contributed by atoms with van der Waals surface area (Å²) in [5.74, 6) is 1.41. The fourth-order valence-corrected chi connectivity index (χ4v) is 4.10. The molecule has 1 aromatic carbocycles. The molecule has 2 atom stereocenters. The maximum atomic E-state index is 5.78. The maximum absolute atomic E-state index is 5.78. The fourth-order valence-electron chi connectivity index (χ4n) is 2.50. The quantitative estimate of drug-likeness (QED) is 0.923. The number of thiophene rings is 1. The lowest BCUT2D eigenvalue weighted by molar-refractivity contribution is 0.305. The van der Waals surface area contributed by atoms with Crippen molar-refractivity contribution in [3.63, 3.8) is 0 Å². The summed E-state index contributed by atoms with van der Waals surface area (Å²) in [5, 5.41) is 3.42. The van der Waals surface area contributed by atoms with E-state index >= 15 is 0 Å². The first kappa shape index (κ1) is 12.2. The van der Waals surface area contributed by atoms with Gasteiger partial charge in [-0.3, -0.25) is 0 Å². The fraction of sp³-hybridized carbons (Fsp3) is 0.286. The molecular formula is C14H14BrNOS. The monoisotopic (exact) mass is 323 g/mol. The van der Waals surface area contributed by atoms with Crippen LogP contribution in [0.25, 0.3) is 0 Å². The summed E-state index contributed by atoms with van der Waals surface area (Å²) < 4.78 is 6.95. The standard InChI is InChI=1S/C14H14BrNOS/c1-16-14(12-6-7-13(15)18-12)10-8-17-11-5-3-2-4-9(10)11/h2-7,10,14,16H,8H2,1H3. The average Bonchev–Trinajstić information content (AvgIpc) is 2.98. The Bertz CT molecular complexity index is 554. The van der Waals surface area contributed by atoms with Gasteiger partial charge in [-0.15, -0.1) is 11.3 Å². The van der Waals surface area contributed by atoms with Gasteiger partial charge in [0.1, 0.15) is 5.75 Å². The van der Waals surface area contributed by atoms with Crippen LogP contribution in [0.15, 0.2) is 40.2 Å². The topological polar surface area (TPSA) is 21.3 Å². The van der Waals surface area contributed by atoms with Gasteiger partial charge in [0.2, 0.25) is 0 Å². The van der Waals surface area contributed by atoms with Crippen LogP contribution in [0, 0.1) is 0 Å². The van der Waals surface area contributed by atoms with E-state index in [1.165, 1.54) is 14.2 Å². The molecule has 0 aliphatic carbocycles. The molecule has 2 heterocycles. The minimum atomic E-state index is 0.310. The largest absolute Gasteiger partial charge is 0.493 e. The van der Waals surface area contributed by atoms with E-state index in [9.17, 15) is 0 Å². The molecule has 1 aliphatic rings. The Kier molecular flexibility index (Phi) is 3.41. The number of benzene rings is 1. The molecule has 94 valence electrons. The predicted octanol–water partition coefficient (Wildman–Crippen LogP) is 3.95. The van der Waals surface area contributed by atoms with Gasteiger partial charge >= 0.3 is 0 Å². The van der Waals surface area contributed by atoms with Gasteiger partial charge in [0.15, 0.2) is 0 Å². The molecule has 0 spiro atoms. The van der Waals surface area contributed by atoms with E-state index in [-0.39, 0.29) is 0 Å². The maximum Gasteiger partial charge on any atom is 0.122 e. The molecule has 2 nitrogen and oxygen atoms in total. The van der Waals surface area contributed by atoms with Crippen LogP contribution < -0.4 is 10.1 Å². The van der Waals surface area contributed by atoms with Crippen LogP contribution in [0.4, 0.5) is 0 Å². The van der Waals surface area contributed by atoms with E-state index in [0.29, 0.717) is 12.0 Å². The van der Waals surface area contributed by atoms with E-state index in [1.807, 2.05) is 19.2 Å². The number of likely N-dealkylation sites (N-methyl/N-ethyl adjacent to an activating group) is 1. The summed E-state index contributed by atoms with van der Waals surface area (Å²) >= 11 is 5.31. The highest BCUT2D eigenvalue weighted by Gasteiger charge is 2.31. The van der Waals surface area contributed by atoms with Crippen molar-refractivity contribution < 1.29 is 4.74 Å². The summed E-state index contributed by atoms with van der Waals surface area (Å²) in [7, 11) is 2.01. The average molecular weight is 324 g/mol. The SMILES string of the molecule is CNC(c1ccc(Br)s1)C1COc2ccccc21. The van der Waals surface area contributed by atoms with Crippen LogP contribution in [0.1, 0.15) is 22.4 Å². The summed E-state index contributed by atoms with van der Waals surface area (Å²) in [5.41, 5.74) is 1.31. The Morgan fingerprint density at radius 1 is 1.33 bits per heavy atom. The number of rotatable bonds is 3. The molecule has 4 heteroatoms. The van der Waals surface area contributed by atoms with Crippen LogP contribution in [-0.4, -0.2) is 13.7 Å². The third-order valence-corrected chi connectivity index (χ3v) is 5.06. The molecule has 3 rings (SSSR count). The van der Waals surface area contributed by atoms with E-state index in [4.69, 9.17) is 4.74 Å². The van der Waals surface area contributed by atoms with Crippen molar-refractivity contribution in [1.29, 1.82) is 0 Å². The molecule has 0 saturated carbocycles. The van der Waals surface area contributed by atoms with Crippen LogP contribution in [-0.2, 0) is 0 Å². The zero-order valence-corrected chi connectivity index (χ0v) is 12.4. The molecule has 0 fully saturated rings. The normalized spacial score (nSPS) is 19.3. The summed E-state index contributed by atoms with van der Waals surface area (Å²) in [6.07, 6.45) is 0. The molecular weight excluding hydrogens is 310 g/mol. The van der Waals surface area contributed by atoms with Gasteiger partial charge in [-0.05, 0) is 41.2 Å². The third kappa shape index (κ3) is 2.09. The van der Waals surface area contributed by atoms with Crippen LogP contribution in [0.5, 0.6) is 5.75 Å². The Morgan fingerprint density at radius 2 is 2.17 bits per heavy atom. The second-order valence-corrected chi connectivity index (χ2v) is 6.86. The van der Waals surface area contributed by atoms with Crippen molar-refractivity contribution in [2.24, 2.45) is 0 Å². The zero-order chi connectivity index (χ0) is 12.5. The van der Waals surface area contributed by atoms with Gasteiger partial charge in [0.05, 0.1) is 16.4 Å². The first-order valence-corrected chi connectivity index (χ1v) is 7.55. The molecule has 2 unspecified atom stereocenters. The summed E-state index contributed by atoms with van der Waals surface area (Å²) in [6.45, 7) is 0.750. The highest BCUT2D eigenvalue weighted by atomic mass is 79.9. The number of para-hydroxylation sites is 1. The van der Waals surface area contributed by atoms with Crippen LogP contribution >= 0.6 is 27.3 Å². The van der Waals surface area contributed by atoms with E-state index in [2.05, 4.69) is 45.5 Å². The molecule has 0 saturated heterocycles. The lowest BCUT2D eigenvalue weighted by Crippen LogP contribution is -2.24. The lowest BCUT2D eigenvalue weighted by Gasteiger charge is -2.21. The molecule has 2 aromatic rings. The van der Waals surface area contributed by atoms with E-state index < -0.39 is 0 Å². The molecule has 18 heavy (non-hydrogen) atoms. The minimum absolute atomic E-state index is 0.310. The van der Waals surface area contributed by atoms with Crippen molar-refractivity contribution in [2.45, 2.75) is 12.0 Å². The molecule has 0 bridgehead atoms. The first-order valence-electron chi connectivity index (χ1n) is 5.94. The van der Waals surface area contributed by atoms with E-state index in [0.717, 1.165) is 12.4 Å². The van der Waals surface area contributed by atoms with Crippen molar-refractivity contribution >= 4 is 27.3 Å². The number of hydrogen-bond acceptors (Lipinski definition) is 3. The van der Waals surface area contributed by atoms with Gasteiger partial charge in [-0.1, -0.05) is 18.2 Å². The summed E-state index contributed by atoms with van der Waals surface area (Å²) in [4.78, 5) is 1.34. The number of fused-ring (bicyclic) bond motifs is 1. The second kappa shape index (κ2) is 5.03. The molecule has 0 radical (unpaired) electrons. The zero-order valence-electron chi connectivity index (χ0n) is 10.0. The smallest absolute Gasteiger partial charge is 0.122 e. The Balaban J connectivity index is 1.95. The van der Waals surface area contributed by atoms with Gasteiger partial charge in [0.25, 0.3) is 0 Å². The lowest BCUT2D eigenvalue weighted by atomic mass is 9.92. The first-order chi connectivity index (χ1) is 8.79. The molecule has 1 N–H and O–H groups in total. The van der Waals surface area contributed by atoms with Crippen molar-refractivity contribution in [2.75, 3.05) is 13.7 Å². The number of ether oxygens (including phenoxy) is 1. The highest BCUT2D eigenvalue weighted by molar-refractivity contribution is 9.11. The predicted molar refractivity (Wildman–Crippen MR) is 78.5 cm³/mol. The van der Waals surface area contributed by atoms with E-state index in [1.54, 1.807) is 11.3 Å². The van der Waals surface area contributed by atoms with Gasteiger partial charge in [0, 0.05) is 16.4 Å². The molecule has 1 aliphatic heterocycles. The number of hydrogen-bond donors (Lipinski definition) is 1. The number of nitrogens with one attached hydrogen (secondary N) is 1. The van der Waals surface area contributed by atoms with Crippen molar-refractivity contribution in [3.05, 3.63) is 50.6 Å². The minimum Gasteiger partial charge on any atom is -0.493 e. The molecule has 0 amide bonds. The molecule has 1 aromatic heterocycles. The summed E-state index contributed by atoms with van der Waals surface area (Å²) in [6, 6.07) is 12.9. The van der Waals surface area contributed by atoms with Crippen LogP contribution in [0.3, 0.4) is 0 Å². The van der Waals surface area contributed by atoms with Gasteiger partial charge in [-0.2, -0.15) is 0 Å². The van der Waals surface area contributed by atoms with Gasteiger partial charge in [-0.25, -0.2) is 0 Å².